The molecule has 0 aliphatic heterocycles. The van der Waals surface area contributed by atoms with E-state index >= 15 is 0 Å². The van der Waals surface area contributed by atoms with E-state index in [1.807, 2.05) is 20.8 Å². The van der Waals surface area contributed by atoms with E-state index < -0.39 is 5.97 Å². The monoisotopic (exact) mass is 305 g/mol. The summed E-state index contributed by atoms with van der Waals surface area (Å²) in [5, 5.41) is 0.478. The number of esters is 1. The van der Waals surface area contributed by atoms with E-state index in [0.717, 1.165) is 0 Å². The summed E-state index contributed by atoms with van der Waals surface area (Å²) in [5.74, 6) is -0.609. The van der Waals surface area contributed by atoms with E-state index in [1.54, 1.807) is 0 Å². The van der Waals surface area contributed by atoms with Crippen LogP contribution in [0, 0.1) is 0 Å². The number of ether oxygens (including phenoxy) is 2. The maximum atomic E-state index is 11.9. The van der Waals surface area contributed by atoms with Gasteiger partial charge in [-0.3, -0.25) is 0 Å². The molecular formula is C13H17Cl2NO3. The first kappa shape index (κ1) is 16.1. The molecule has 0 aromatic heterocycles. The van der Waals surface area contributed by atoms with Crippen LogP contribution < -0.4 is 5.73 Å². The summed E-state index contributed by atoms with van der Waals surface area (Å²) in [6, 6.07) is 3.03. The van der Waals surface area contributed by atoms with Crippen molar-refractivity contribution in [3.05, 3.63) is 27.7 Å². The largest absolute Gasteiger partial charge is 0.460 e. The van der Waals surface area contributed by atoms with Crippen molar-refractivity contribution in [2.45, 2.75) is 26.4 Å². The van der Waals surface area contributed by atoms with Crippen LogP contribution in [0.5, 0.6) is 0 Å². The zero-order chi connectivity index (χ0) is 14.6. The summed E-state index contributed by atoms with van der Waals surface area (Å²) in [6.45, 7) is 6.17. The topological polar surface area (TPSA) is 61.5 Å². The first-order valence-electron chi connectivity index (χ1n) is 5.77. The Labute approximate surface area is 122 Å². The van der Waals surface area contributed by atoms with Gasteiger partial charge in [0.1, 0.15) is 12.2 Å². The van der Waals surface area contributed by atoms with Crippen molar-refractivity contribution in [2.24, 2.45) is 0 Å². The van der Waals surface area contributed by atoms with Crippen LogP contribution in [0.4, 0.5) is 5.69 Å². The molecule has 1 rings (SSSR count). The van der Waals surface area contributed by atoms with Crippen LogP contribution in [0.1, 0.15) is 31.1 Å². The lowest BCUT2D eigenvalue weighted by atomic mass is 10.2. The van der Waals surface area contributed by atoms with Gasteiger partial charge in [-0.05, 0) is 32.9 Å². The van der Waals surface area contributed by atoms with Crippen molar-refractivity contribution >= 4 is 34.9 Å². The molecule has 2 N–H and O–H groups in total. The van der Waals surface area contributed by atoms with Crippen LogP contribution >= 0.6 is 23.2 Å². The lowest BCUT2D eigenvalue weighted by Gasteiger charge is -2.19. The molecule has 0 atom stereocenters. The fourth-order valence-electron chi connectivity index (χ4n) is 1.33. The van der Waals surface area contributed by atoms with Gasteiger partial charge < -0.3 is 15.2 Å². The maximum absolute atomic E-state index is 11.9. The second-order valence-electron chi connectivity index (χ2n) is 4.91. The van der Waals surface area contributed by atoms with E-state index in [-0.39, 0.29) is 33.5 Å². The second kappa shape index (κ2) is 6.46. The first-order chi connectivity index (χ1) is 8.72. The van der Waals surface area contributed by atoms with Crippen LogP contribution in [0.2, 0.25) is 10.0 Å². The second-order valence-corrected chi connectivity index (χ2v) is 5.73. The minimum absolute atomic E-state index is 0.0879. The predicted octanol–water partition coefficient (Wildman–Crippen LogP) is 3.55. The minimum atomic E-state index is -0.609. The van der Waals surface area contributed by atoms with Gasteiger partial charge in [0.05, 0.1) is 27.9 Å². The van der Waals surface area contributed by atoms with Gasteiger partial charge in [0.2, 0.25) is 0 Å². The van der Waals surface area contributed by atoms with Gasteiger partial charge in [-0.25, -0.2) is 4.79 Å². The Hall–Kier alpha value is -0.970. The molecule has 0 aliphatic carbocycles. The maximum Gasteiger partial charge on any atom is 0.341 e. The Morgan fingerprint density at radius 3 is 2.37 bits per heavy atom. The molecule has 4 nitrogen and oxygen atoms in total. The number of hydrogen-bond donors (Lipinski definition) is 1. The average molecular weight is 306 g/mol. The highest BCUT2D eigenvalue weighted by atomic mass is 35.5. The van der Waals surface area contributed by atoms with Crippen molar-refractivity contribution in [1.29, 1.82) is 0 Å². The fraction of sp³-hybridized carbons (Fsp3) is 0.462. The highest BCUT2D eigenvalue weighted by molar-refractivity contribution is 6.38. The van der Waals surface area contributed by atoms with Crippen molar-refractivity contribution in [3.8, 4) is 0 Å². The molecule has 0 heterocycles. The molecular weight excluding hydrogens is 289 g/mol. The fourth-order valence-corrected chi connectivity index (χ4v) is 1.73. The summed E-state index contributed by atoms with van der Waals surface area (Å²) in [4.78, 5) is 11.9. The Morgan fingerprint density at radius 2 is 1.79 bits per heavy atom. The van der Waals surface area contributed by atoms with Gasteiger partial charge in [-0.2, -0.15) is 0 Å². The molecule has 19 heavy (non-hydrogen) atoms. The van der Waals surface area contributed by atoms with Gasteiger partial charge >= 0.3 is 5.97 Å². The molecule has 0 bridgehead atoms. The van der Waals surface area contributed by atoms with Crippen LogP contribution in [-0.4, -0.2) is 24.8 Å². The molecule has 0 spiro atoms. The van der Waals surface area contributed by atoms with Gasteiger partial charge in [0, 0.05) is 0 Å². The lowest BCUT2D eigenvalue weighted by molar-refractivity contribution is -0.0281. The molecule has 0 aliphatic rings. The molecule has 1 aromatic rings. The number of halogens is 2. The van der Waals surface area contributed by atoms with Gasteiger partial charge in [-0.15, -0.1) is 0 Å². The Kier molecular flexibility index (Phi) is 5.47. The minimum Gasteiger partial charge on any atom is -0.460 e. The standard InChI is InChI=1S/C13H17Cl2NO3/c1-13(2,3)19-7-6-18-12(17)10-8(14)4-5-9(15)11(10)16/h4-5H,6-7,16H2,1-3H3. The number of anilines is 1. The number of nitrogen functional groups attached to an aromatic ring is 1. The third kappa shape index (κ3) is 4.90. The quantitative estimate of drug-likeness (QED) is 0.525. The molecule has 0 saturated carbocycles. The number of hydrogen-bond acceptors (Lipinski definition) is 4. The number of carbonyl (C=O) groups is 1. The van der Waals surface area contributed by atoms with Crippen LogP contribution in [0.3, 0.4) is 0 Å². The van der Waals surface area contributed by atoms with Crippen molar-refractivity contribution in [3.63, 3.8) is 0 Å². The summed E-state index contributed by atoms with van der Waals surface area (Å²) in [5.41, 5.74) is 5.64. The van der Waals surface area contributed by atoms with Crippen molar-refractivity contribution in [1.82, 2.24) is 0 Å². The van der Waals surface area contributed by atoms with Gasteiger partial charge in [0.15, 0.2) is 0 Å². The molecule has 0 saturated heterocycles. The van der Waals surface area contributed by atoms with E-state index in [9.17, 15) is 4.79 Å². The third-order valence-corrected chi connectivity index (χ3v) is 2.84. The van der Waals surface area contributed by atoms with Crippen LogP contribution in [-0.2, 0) is 9.47 Å². The molecule has 0 amide bonds. The Balaban J connectivity index is 2.62. The molecule has 106 valence electrons. The van der Waals surface area contributed by atoms with Gasteiger partial charge in [-0.1, -0.05) is 23.2 Å². The van der Waals surface area contributed by atoms with Crippen molar-refractivity contribution in [2.75, 3.05) is 18.9 Å². The third-order valence-electron chi connectivity index (χ3n) is 2.20. The molecule has 0 radical (unpaired) electrons. The highest BCUT2D eigenvalue weighted by Crippen LogP contribution is 2.29. The van der Waals surface area contributed by atoms with Gasteiger partial charge in [0.25, 0.3) is 0 Å². The Bertz CT molecular complexity index is 470. The summed E-state index contributed by atoms with van der Waals surface area (Å²) >= 11 is 11.7. The first-order valence-corrected chi connectivity index (χ1v) is 6.52. The van der Waals surface area contributed by atoms with Crippen LogP contribution in [0.25, 0.3) is 0 Å². The zero-order valence-electron chi connectivity index (χ0n) is 11.1. The molecule has 0 fully saturated rings. The summed E-state index contributed by atoms with van der Waals surface area (Å²) < 4.78 is 10.5. The summed E-state index contributed by atoms with van der Waals surface area (Å²) in [7, 11) is 0. The number of carbonyl (C=O) groups excluding carboxylic acids is 1. The number of benzene rings is 1. The van der Waals surface area contributed by atoms with E-state index in [4.69, 9.17) is 38.4 Å². The van der Waals surface area contributed by atoms with E-state index in [2.05, 4.69) is 0 Å². The molecule has 0 unspecified atom stereocenters. The number of rotatable bonds is 4. The van der Waals surface area contributed by atoms with E-state index in [0.29, 0.717) is 6.61 Å². The van der Waals surface area contributed by atoms with Crippen LogP contribution in [0.15, 0.2) is 12.1 Å². The smallest absolute Gasteiger partial charge is 0.341 e. The van der Waals surface area contributed by atoms with Crippen molar-refractivity contribution < 1.29 is 14.3 Å². The molecule has 1 aromatic carbocycles. The number of nitrogens with two attached hydrogens (primary N) is 1. The Morgan fingerprint density at radius 1 is 1.21 bits per heavy atom. The lowest BCUT2D eigenvalue weighted by Crippen LogP contribution is -2.23. The SMILES string of the molecule is CC(C)(C)OCCOC(=O)c1c(Cl)ccc(Cl)c1N. The predicted molar refractivity (Wildman–Crippen MR) is 76.9 cm³/mol. The highest BCUT2D eigenvalue weighted by Gasteiger charge is 2.18. The normalized spacial score (nSPS) is 11.4. The molecule has 6 heteroatoms. The summed E-state index contributed by atoms with van der Waals surface area (Å²) in [6.07, 6.45) is 0. The zero-order valence-corrected chi connectivity index (χ0v) is 12.6. The average Bonchev–Trinajstić information content (AvgIpc) is 2.29. The van der Waals surface area contributed by atoms with E-state index in [1.165, 1.54) is 12.1 Å².